The molecule has 0 radical (unpaired) electrons. The Hall–Kier alpha value is -1.41. The summed E-state index contributed by atoms with van der Waals surface area (Å²) in [6.07, 6.45) is 1.57. The first kappa shape index (κ1) is 14.7. The van der Waals surface area contributed by atoms with Crippen molar-refractivity contribution in [2.45, 2.75) is 31.6 Å². The van der Waals surface area contributed by atoms with Crippen LogP contribution in [0.2, 0.25) is 0 Å². The second-order valence-electron chi connectivity index (χ2n) is 4.01. The fourth-order valence-electron chi connectivity index (χ4n) is 1.54. The van der Waals surface area contributed by atoms with Crippen LogP contribution in [0.1, 0.15) is 35.9 Å². The number of carboxylic acid groups (broad SMARTS) is 1. The van der Waals surface area contributed by atoms with E-state index in [9.17, 15) is 13.2 Å². The van der Waals surface area contributed by atoms with Crippen LogP contribution in [0, 0.1) is 6.92 Å². The number of hydrogen-bond acceptors (Lipinski definition) is 4. The van der Waals surface area contributed by atoms with E-state index < -0.39 is 21.7 Å². The zero-order valence-corrected chi connectivity index (χ0v) is 11.4. The molecular formula is C10H17N3O4S. The van der Waals surface area contributed by atoms with E-state index in [1.165, 1.54) is 14.0 Å². The number of H-pyrrole nitrogens is 1. The van der Waals surface area contributed by atoms with Crippen molar-refractivity contribution in [1.29, 1.82) is 0 Å². The van der Waals surface area contributed by atoms with Gasteiger partial charge in [0.05, 0.1) is 5.69 Å². The minimum Gasteiger partial charge on any atom is -0.476 e. The number of aromatic amines is 1. The first-order chi connectivity index (χ1) is 8.32. The van der Waals surface area contributed by atoms with Gasteiger partial charge in [-0.1, -0.05) is 13.3 Å². The Balaban J connectivity index is 3.20. The molecule has 0 atom stereocenters. The number of nitrogens with zero attached hydrogens (tertiary/aromatic N) is 2. The fourth-order valence-corrected chi connectivity index (χ4v) is 3.03. The van der Waals surface area contributed by atoms with Gasteiger partial charge in [-0.05, 0) is 13.3 Å². The Morgan fingerprint density at radius 1 is 1.50 bits per heavy atom. The molecular weight excluding hydrogens is 258 g/mol. The molecule has 1 heterocycles. The van der Waals surface area contributed by atoms with Crippen molar-refractivity contribution >= 4 is 16.0 Å². The largest absolute Gasteiger partial charge is 0.476 e. The molecule has 102 valence electrons. The molecule has 1 aromatic rings. The molecule has 0 spiro atoms. The molecule has 0 bridgehead atoms. The van der Waals surface area contributed by atoms with Gasteiger partial charge in [0.15, 0.2) is 5.69 Å². The molecule has 0 aromatic carbocycles. The van der Waals surface area contributed by atoms with Gasteiger partial charge in [-0.2, -0.15) is 5.10 Å². The standard InChI is InChI=1S/C10H17N3O4S/c1-4-5-6-13(3)18(16,17)9-7(2)11-12-8(9)10(14)15/h4-6H2,1-3H3,(H,11,12)(H,14,15). The number of carbonyl (C=O) groups is 1. The van der Waals surface area contributed by atoms with E-state index >= 15 is 0 Å². The van der Waals surface area contributed by atoms with Crippen LogP contribution in [-0.2, 0) is 10.0 Å². The second kappa shape index (κ2) is 5.49. The lowest BCUT2D eigenvalue weighted by molar-refractivity contribution is 0.0686. The third kappa shape index (κ3) is 2.70. The molecule has 1 rings (SSSR count). The minimum absolute atomic E-state index is 0.232. The number of unbranched alkanes of at least 4 members (excludes halogenated alkanes) is 1. The van der Waals surface area contributed by atoms with Crippen molar-refractivity contribution in [3.05, 3.63) is 11.4 Å². The van der Waals surface area contributed by atoms with Crippen LogP contribution in [0.15, 0.2) is 4.90 Å². The van der Waals surface area contributed by atoms with Gasteiger partial charge >= 0.3 is 5.97 Å². The van der Waals surface area contributed by atoms with Crippen molar-refractivity contribution < 1.29 is 18.3 Å². The van der Waals surface area contributed by atoms with E-state index in [2.05, 4.69) is 10.2 Å². The maximum atomic E-state index is 12.2. The van der Waals surface area contributed by atoms with Crippen molar-refractivity contribution in [1.82, 2.24) is 14.5 Å². The molecule has 0 aliphatic heterocycles. The van der Waals surface area contributed by atoms with Crippen LogP contribution in [0.5, 0.6) is 0 Å². The summed E-state index contributed by atoms with van der Waals surface area (Å²) in [6.45, 7) is 3.79. The van der Waals surface area contributed by atoms with Gasteiger partial charge in [0, 0.05) is 13.6 Å². The highest BCUT2D eigenvalue weighted by Crippen LogP contribution is 2.21. The molecule has 18 heavy (non-hydrogen) atoms. The molecule has 0 unspecified atom stereocenters. The summed E-state index contributed by atoms with van der Waals surface area (Å²) in [6, 6.07) is 0. The monoisotopic (exact) mass is 275 g/mol. The lowest BCUT2D eigenvalue weighted by atomic mass is 10.3. The molecule has 0 amide bonds. The van der Waals surface area contributed by atoms with Crippen molar-refractivity contribution in [2.24, 2.45) is 0 Å². The van der Waals surface area contributed by atoms with Crippen LogP contribution in [0.3, 0.4) is 0 Å². The Morgan fingerprint density at radius 3 is 2.61 bits per heavy atom. The maximum Gasteiger partial charge on any atom is 0.357 e. The minimum atomic E-state index is -3.82. The van der Waals surface area contributed by atoms with Gasteiger partial charge in [-0.15, -0.1) is 0 Å². The number of nitrogens with one attached hydrogen (secondary N) is 1. The summed E-state index contributed by atoms with van der Waals surface area (Å²) < 4.78 is 25.6. The molecule has 0 saturated heterocycles. The predicted octanol–water partition coefficient (Wildman–Crippen LogP) is 0.837. The van der Waals surface area contributed by atoms with Crippen LogP contribution in [-0.4, -0.2) is 47.6 Å². The Bertz CT molecular complexity index is 535. The Morgan fingerprint density at radius 2 is 2.11 bits per heavy atom. The van der Waals surface area contributed by atoms with Gasteiger partial charge in [0.1, 0.15) is 4.90 Å². The van der Waals surface area contributed by atoms with E-state index in [1.54, 1.807) is 0 Å². The lowest BCUT2D eigenvalue weighted by Gasteiger charge is -2.16. The quantitative estimate of drug-likeness (QED) is 0.800. The van der Waals surface area contributed by atoms with Crippen LogP contribution in [0.25, 0.3) is 0 Å². The normalized spacial score (nSPS) is 12.0. The SMILES string of the molecule is CCCCN(C)S(=O)(=O)c1c(C(=O)O)n[nH]c1C. The molecule has 0 aliphatic rings. The van der Waals surface area contributed by atoms with E-state index in [1.807, 2.05) is 6.92 Å². The van der Waals surface area contributed by atoms with E-state index in [4.69, 9.17) is 5.11 Å². The summed E-state index contributed by atoms with van der Waals surface area (Å²) >= 11 is 0. The first-order valence-corrected chi connectivity index (χ1v) is 7.01. The molecule has 0 aliphatic carbocycles. The average Bonchev–Trinajstić information content (AvgIpc) is 2.68. The zero-order valence-electron chi connectivity index (χ0n) is 10.6. The molecule has 2 N–H and O–H groups in total. The van der Waals surface area contributed by atoms with E-state index in [0.717, 1.165) is 17.1 Å². The lowest BCUT2D eigenvalue weighted by Crippen LogP contribution is -2.29. The zero-order chi connectivity index (χ0) is 13.9. The summed E-state index contributed by atoms with van der Waals surface area (Å²) in [5, 5.41) is 14.8. The molecule has 7 nitrogen and oxygen atoms in total. The second-order valence-corrected chi connectivity index (χ2v) is 5.99. The van der Waals surface area contributed by atoms with Crippen molar-refractivity contribution in [3.63, 3.8) is 0 Å². The first-order valence-electron chi connectivity index (χ1n) is 5.57. The van der Waals surface area contributed by atoms with Gasteiger partial charge < -0.3 is 5.11 Å². The van der Waals surface area contributed by atoms with Gasteiger partial charge in [-0.3, -0.25) is 5.10 Å². The van der Waals surface area contributed by atoms with Crippen LogP contribution >= 0.6 is 0 Å². The summed E-state index contributed by atoms with van der Waals surface area (Å²) in [4.78, 5) is 10.7. The Kier molecular flexibility index (Phi) is 4.47. The maximum absolute atomic E-state index is 12.2. The summed E-state index contributed by atoms with van der Waals surface area (Å²) in [5.74, 6) is -1.36. The Labute approximate surface area is 106 Å². The van der Waals surface area contributed by atoms with E-state index in [0.29, 0.717) is 6.54 Å². The molecule has 0 saturated carbocycles. The third-order valence-electron chi connectivity index (χ3n) is 2.59. The fraction of sp³-hybridized carbons (Fsp3) is 0.600. The number of carboxylic acids is 1. The summed E-state index contributed by atoms with van der Waals surface area (Å²) in [7, 11) is -2.38. The van der Waals surface area contributed by atoms with Gasteiger partial charge in [0.25, 0.3) is 0 Å². The van der Waals surface area contributed by atoms with E-state index in [-0.39, 0.29) is 10.6 Å². The number of aromatic nitrogens is 2. The van der Waals surface area contributed by atoms with Gasteiger partial charge in [0.2, 0.25) is 10.0 Å². The number of sulfonamides is 1. The topological polar surface area (TPSA) is 103 Å². The third-order valence-corrected chi connectivity index (χ3v) is 4.61. The smallest absolute Gasteiger partial charge is 0.357 e. The van der Waals surface area contributed by atoms with Crippen molar-refractivity contribution in [3.8, 4) is 0 Å². The average molecular weight is 275 g/mol. The number of rotatable bonds is 6. The highest BCUT2D eigenvalue weighted by molar-refractivity contribution is 7.89. The molecule has 0 fully saturated rings. The molecule has 8 heteroatoms. The number of aromatic carboxylic acids is 1. The molecule has 1 aromatic heterocycles. The number of hydrogen-bond donors (Lipinski definition) is 2. The highest BCUT2D eigenvalue weighted by atomic mass is 32.2. The van der Waals surface area contributed by atoms with Gasteiger partial charge in [-0.25, -0.2) is 17.5 Å². The predicted molar refractivity (Wildman–Crippen MR) is 65.0 cm³/mol. The van der Waals surface area contributed by atoms with Crippen LogP contribution in [0.4, 0.5) is 0 Å². The highest BCUT2D eigenvalue weighted by Gasteiger charge is 2.31. The summed E-state index contributed by atoms with van der Waals surface area (Å²) in [5.41, 5.74) is -0.230. The number of aryl methyl sites for hydroxylation is 1. The van der Waals surface area contributed by atoms with Crippen molar-refractivity contribution in [2.75, 3.05) is 13.6 Å². The van der Waals surface area contributed by atoms with Crippen LogP contribution < -0.4 is 0 Å².